The summed E-state index contributed by atoms with van der Waals surface area (Å²) in [6.45, 7) is 3.99. The number of amides is 1. The summed E-state index contributed by atoms with van der Waals surface area (Å²) in [7, 11) is 1.63. The molecule has 2 aromatic rings. The summed E-state index contributed by atoms with van der Waals surface area (Å²) in [4.78, 5) is 16.1. The van der Waals surface area contributed by atoms with Crippen LogP contribution in [0.2, 0.25) is 0 Å². The lowest BCUT2D eigenvalue weighted by atomic mass is 10.1. The van der Waals surface area contributed by atoms with Crippen LogP contribution in [0, 0.1) is 0 Å². The van der Waals surface area contributed by atoms with E-state index >= 15 is 0 Å². The van der Waals surface area contributed by atoms with Gasteiger partial charge < -0.3 is 20.5 Å². The molecule has 0 aliphatic heterocycles. The van der Waals surface area contributed by atoms with Crippen LogP contribution >= 0.6 is 0 Å². The van der Waals surface area contributed by atoms with Crippen LogP contribution in [0.3, 0.4) is 0 Å². The van der Waals surface area contributed by atoms with Crippen molar-refractivity contribution in [2.24, 2.45) is 4.99 Å². The second-order valence-electron chi connectivity index (χ2n) is 6.05. The molecule has 0 unspecified atom stereocenters. The fraction of sp³-hybridized carbons (Fsp3) is 0.444. The number of carbonyl (C=O) groups is 1. The van der Waals surface area contributed by atoms with E-state index in [2.05, 4.69) is 31.1 Å². The van der Waals surface area contributed by atoms with E-state index in [1.807, 2.05) is 11.5 Å². The first-order chi connectivity index (χ1) is 13.8. The molecule has 1 heterocycles. The average molecular weight is 411 g/mol. The van der Waals surface area contributed by atoms with Gasteiger partial charge in [-0.3, -0.25) is 9.79 Å². The Labute approximate surface area is 166 Å². The number of benzene rings is 1. The number of rotatable bonds is 8. The molecule has 0 saturated carbocycles. The maximum Gasteiger partial charge on any atom is 0.416 e. The molecule has 1 amide bonds. The number of alkyl halides is 3. The molecule has 1 aromatic carbocycles. The van der Waals surface area contributed by atoms with Gasteiger partial charge in [0.15, 0.2) is 5.96 Å². The zero-order valence-electron chi connectivity index (χ0n) is 16.3. The van der Waals surface area contributed by atoms with Crippen molar-refractivity contribution < 1.29 is 18.0 Å². The molecule has 29 heavy (non-hydrogen) atoms. The van der Waals surface area contributed by atoms with Crippen molar-refractivity contribution in [3.8, 4) is 0 Å². The van der Waals surface area contributed by atoms with Crippen LogP contribution < -0.4 is 16.0 Å². The van der Waals surface area contributed by atoms with Gasteiger partial charge in [0.25, 0.3) is 5.91 Å². The van der Waals surface area contributed by atoms with Gasteiger partial charge in [0.05, 0.1) is 5.56 Å². The molecule has 1 aromatic heterocycles. The van der Waals surface area contributed by atoms with Crippen molar-refractivity contribution in [1.29, 1.82) is 0 Å². The number of guanidine groups is 1. The number of aryl methyl sites for hydroxylation is 1. The Kier molecular flexibility index (Phi) is 7.98. The van der Waals surface area contributed by atoms with Crippen LogP contribution in [0.4, 0.5) is 13.2 Å². The number of nitrogens with one attached hydrogen (secondary N) is 3. The quantitative estimate of drug-likeness (QED) is 0.347. The third-order valence-corrected chi connectivity index (χ3v) is 4.06. The molecule has 0 bridgehead atoms. The van der Waals surface area contributed by atoms with E-state index < -0.39 is 17.6 Å². The van der Waals surface area contributed by atoms with Crippen molar-refractivity contribution in [2.45, 2.75) is 26.1 Å². The molecular weight excluding hydrogens is 387 g/mol. The van der Waals surface area contributed by atoms with E-state index in [9.17, 15) is 18.0 Å². The minimum atomic E-state index is -4.42. The molecular formula is C18H24F3N7O. The number of carbonyl (C=O) groups excluding carboxylic acids is 1. The number of aromatic nitrogens is 3. The Morgan fingerprint density at radius 1 is 1.10 bits per heavy atom. The lowest BCUT2D eigenvalue weighted by Crippen LogP contribution is -2.42. The third-order valence-electron chi connectivity index (χ3n) is 4.06. The lowest BCUT2D eigenvalue weighted by Gasteiger charge is -2.13. The first kappa shape index (κ1) is 22.2. The highest BCUT2D eigenvalue weighted by molar-refractivity contribution is 5.94. The maximum absolute atomic E-state index is 12.6. The van der Waals surface area contributed by atoms with E-state index in [1.165, 1.54) is 0 Å². The van der Waals surface area contributed by atoms with E-state index in [-0.39, 0.29) is 12.1 Å². The van der Waals surface area contributed by atoms with Crippen LogP contribution in [0.25, 0.3) is 0 Å². The maximum atomic E-state index is 12.6. The lowest BCUT2D eigenvalue weighted by molar-refractivity contribution is -0.137. The number of aliphatic imine (C=N–C) groups is 1. The van der Waals surface area contributed by atoms with E-state index in [0.29, 0.717) is 25.6 Å². The molecule has 11 heteroatoms. The SMILES string of the molecule is CCc1nncn1CCNC(=NC)NCCNC(=O)c1ccc(C(F)(F)F)cc1. The first-order valence-corrected chi connectivity index (χ1v) is 9.11. The van der Waals surface area contributed by atoms with Crippen LogP contribution in [-0.2, 0) is 19.1 Å². The van der Waals surface area contributed by atoms with Gasteiger partial charge in [-0.1, -0.05) is 6.92 Å². The summed E-state index contributed by atoms with van der Waals surface area (Å²) in [6.07, 6.45) is -1.95. The Balaban J connectivity index is 1.69. The fourth-order valence-corrected chi connectivity index (χ4v) is 2.52. The minimum absolute atomic E-state index is 0.168. The standard InChI is InChI=1S/C18H24F3N7O/c1-3-15-27-26-12-28(15)11-10-25-17(22-2)24-9-8-23-16(29)13-4-6-14(7-5-13)18(19,20)21/h4-7,12H,3,8-11H2,1-2H3,(H,23,29)(H2,22,24,25). The molecule has 0 fully saturated rings. The van der Waals surface area contributed by atoms with Crippen molar-refractivity contribution >= 4 is 11.9 Å². The summed E-state index contributed by atoms with van der Waals surface area (Å²) >= 11 is 0. The Hall–Kier alpha value is -3.11. The molecule has 0 aliphatic rings. The molecule has 8 nitrogen and oxygen atoms in total. The predicted molar refractivity (Wildman–Crippen MR) is 103 cm³/mol. The average Bonchev–Trinajstić information content (AvgIpc) is 3.16. The fourth-order valence-electron chi connectivity index (χ4n) is 2.52. The van der Waals surface area contributed by atoms with Gasteiger partial charge >= 0.3 is 6.18 Å². The number of hydrogen-bond acceptors (Lipinski definition) is 4. The number of hydrogen-bond donors (Lipinski definition) is 3. The summed E-state index contributed by atoms with van der Waals surface area (Å²) in [5.74, 6) is 1.03. The van der Waals surface area contributed by atoms with E-state index in [1.54, 1.807) is 13.4 Å². The van der Waals surface area contributed by atoms with Crippen LogP contribution in [-0.4, -0.2) is 53.3 Å². The number of nitrogens with zero attached hydrogens (tertiary/aromatic N) is 4. The van der Waals surface area contributed by atoms with Gasteiger partial charge in [0.1, 0.15) is 12.2 Å². The van der Waals surface area contributed by atoms with Gasteiger partial charge in [0, 0.05) is 45.2 Å². The van der Waals surface area contributed by atoms with Crippen LogP contribution in [0.1, 0.15) is 28.7 Å². The zero-order chi connectivity index (χ0) is 21.3. The zero-order valence-corrected chi connectivity index (χ0v) is 16.3. The largest absolute Gasteiger partial charge is 0.416 e. The smallest absolute Gasteiger partial charge is 0.355 e. The Morgan fingerprint density at radius 3 is 2.38 bits per heavy atom. The highest BCUT2D eigenvalue weighted by atomic mass is 19.4. The molecule has 0 aliphatic carbocycles. The topological polar surface area (TPSA) is 96.2 Å². The molecule has 3 N–H and O–H groups in total. The van der Waals surface area contributed by atoms with Gasteiger partial charge in [-0.05, 0) is 24.3 Å². The van der Waals surface area contributed by atoms with E-state index in [4.69, 9.17) is 0 Å². The minimum Gasteiger partial charge on any atom is -0.355 e. The highest BCUT2D eigenvalue weighted by Gasteiger charge is 2.30. The predicted octanol–water partition coefficient (Wildman–Crippen LogP) is 1.45. The van der Waals surface area contributed by atoms with Gasteiger partial charge in [-0.25, -0.2) is 0 Å². The highest BCUT2D eigenvalue weighted by Crippen LogP contribution is 2.28. The molecule has 0 radical (unpaired) electrons. The molecule has 2 rings (SSSR count). The number of halogens is 3. The van der Waals surface area contributed by atoms with Crippen LogP contribution in [0.5, 0.6) is 0 Å². The summed E-state index contributed by atoms with van der Waals surface area (Å²) < 4.78 is 39.6. The van der Waals surface area contributed by atoms with Crippen molar-refractivity contribution in [3.05, 3.63) is 47.5 Å². The first-order valence-electron chi connectivity index (χ1n) is 9.11. The molecule has 158 valence electrons. The normalized spacial score (nSPS) is 12.0. The van der Waals surface area contributed by atoms with E-state index in [0.717, 1.165) is 36.5 Å². The molecule has 0 spiro atoms. The molecule has 0 atom stereocenters. The Bertz CT molecular complexity index is 816. The van der Waals surface area contributed by atoms with Gasteiger partial charge in [-0.15, -0.1) is 10.2 Å². The van der Waals surface area contributed by atoms with Crippen LogP contribution in [0.15, 0.2) is 35.6 Å². The summed E-state index contributed by atoms with van der Waals surface area (Å²) in [5.41, 5.74) is -0.621. The van der Waals surface area contributed by atoms with Gasteiger partial charge in [-0.2, -0.15) is 13.2 Å². The second kappa shape index (κ2) is 10.4. The van der Waals surface area contributed by atoms with Gasteiger partial charge in [0.2, 0.25) is 0 Å². The van der Waals surface area contributed by atoms with Crippen molar-refractivity contribution in [2.75, 3.05) is 26.7 Å². The second-order valence-corrected chi connectivity index (χ2v) is 6.05. The summed E-state index contributed by atoms with van der Waals surface area (Å²) in [6, 6.07) is 4.08. The summed E-state index contributed by atoms with van der Waals surface area (Å²) in [5, 5.41) is 16.7. The van der Waals surface area contributed by atoms with Crippen molar-refractivity contribution in [1.82, 2.24) is 30.7 Å². The molecule has 0 saturated heterocycles. The Morgan fingerprint density at radius 2 is 1.76 bits per heavy atom. The monoisotopic (exact) mass is 411 g/mol. The van der Waals surface area contributed by atoms with Crippen molar-refractivity contribution in [3.63, 3.8) is 0 Å². The third kappa shape index (κ3) is 6.77.